The molecule has 0 spiro atoms. The first-order valence-electron chi connectivity index (χ1n) is 10.2. The molecule has 1 unspecified atom stereocenters. The Morgan fingerprint density at radius 1 is 0.833 bits per heavy atom. The monoisotopic (exact) mass is 409 g/mol. The maximum atomic E-state index is 13.7. The van der Waals surface area contributed by atoms with Crippen molar-refractivity contribution in [3.8, 4) is 0 Å². The van der Waals surface area contributed by atoms with Crippen molar-refractivity contribution in [3.05, 3.63) is 78.4 Å². The molecule has 0 radical (unpaired) electrons. The fourth-order valence-electron chi connectivity index (χ4n) is 3.79. The summed E-state index contributed by atoms with van der Waals surface area (Å²) in [6, 6.07) is 19.0. The van der Waals surface area contributed by atoms with E-state index in [1.165, 1.54) is 24.3 Å². The highest BCUT2D eigenvalue weighted by Crippen LogP contribution is 2.30. The van der Waals surface area contributed by atoms with E-state index in [2.05, 4.69) is 10.6 Å². The molecule has 0 aliphatic rings. The number of aromatic nitrogens is 1. The Bertz CT molecular complexity index is 1070. The first-order chi connectivity index (χ1) is 14.6. The molecule has 0 amide bonds. The number of aliphatic hydroxyl groups excluding tert-OH is 1. The maximum absolute atomic E-state index is 13.7. The van der Waals surface area contributed by atoms with Crippen LogP contribution in [0, 0.1) is 11.6 Å². The topological polar surface area (TPSA) is 49.2 Å². The molecule has 1 heterocycles. The van der Waals surface area contributed by atoms with Gasteiger partial charge in [0.25, 0.3) is 0 Å². The van der Waals surface area contributed by atoms with Crippen molar-refractivity contribution in [2.24, 2.45) is 0 Å². The number of hydrogen-bond donors (Lipinski definition) is 3. The quantitative estimate of drug-likeness (QED) is 0.356. The van der Waals surface area contributed by atoms with E-state index in [1.807, 2.05) is 34.9 Å². The Labute approximate surface area is 174 Å². The fraction of sp³-hybridized carbons (Fsp3) is 0.250. The number of hydrogen-bond acceptors (Lipinski definition) is 3. The molecule has 0 bridgehead atoms. The van der Waals surface area contributed by atoms with Crippen molar-refractivity contribution >= 4 is 27.5 Å². The zero-order valence-electron chi connectivity index (χ0n) is 16.6. The van der Waals surface area contributed by atoms with Gasteiger partial charge in [-0.3, -0.25) is 0 Å². The number of rotatable bonds is 9. The summed E-state index contributed by atoms with van der Waals surface area (Å²) in [5.41, 5.74) is 2.66. The Kier molecular flexibility index (Phi) is 6.26. The van der Waals surface area contributed by atoms with E-state index in [0.717, 1.165) is 36.2 Å². The van der Waals surface area contributed by atoms with Crippen LogP contribution in [0.4, 0.5) is 14.5 Å². The minimum absolute atomic E-state index is 0.340. The van der Waals surface area contributed by atoms with Gasteiger partial charge in [-0.05, 0) is 61.5 Å². The van der Waals surface area contributed by atoms with Crippen LogP contribution in [0.2, 0.25) is 0 Å². The van der Waals surface area contributed by atoms with Crippen molar-refractivity contribution < 1.29 is 13.9 Å². The number of para-hydroxylation sites is 1. The van der Waals surface area contributed by atoms with E-state index in [9.17, 15) is 13.9 Å². The molecule has 0 aliphatic heterocycles. The maximum Gasteiger partial charge on any atom is 0.123 e. The summed E-state index contributed by atoms with van der Waals surface area (Å²) < 4.78 is 29.4. The number of anilines is 1. The molecule has 1 atom stereocenters. The van der Waals surface area contributed by atoms with Crippen LogP contribution < -0.4 is 10.6 Å². The lowest BCUT2D eigenvalue weighted by atomic mass is 10.1. The fourth-order valence-corrected chi connectivity index (χ4v) is 3.79. The van der Waals surface area contributed by atoms with Crippen molar-refractivity contribution in [1.82, 2.24) is 9.88 Å². The number of nitrogens with zero attached hydrogens (tertiary/aromatic N) is 1. The SMILES string of the molecule is OC(CNCCCNc1ccccc1)Cn1c2ccc(F)cc2c2cc(F)ccc21. The molecule has 0 saturated carbocycles. The first kappa shape index (κ1) is 20.3. The van der Waals surface area contributed by atoms with Gasteiger partial charge in [0.05, 0.1) is 12.6 Å². The Morgan fingerprint density at radius 2 is 1.47 bits per heavy atom. The lowest BCUT2D eigenvalue weighted by molar-refractivity contribution is 0.154. The molecule has 156 valence electrons. The largest absolute Gasteiger partial charge is 0.390 e. The number of benzene rings is 3. The van der Waals surface area contributed by atoms with Gasteiger partial charge in [0, 0.05) is 40.6 Å². The predicted molar refractivity (Wildman–Crippen MR) is 118 cm³/mol. The standard InChI is InChI=1S/C24H25F2N3O/c25-17-7-9-23-21(13-17)22-14-18(26)8-10-24(22)29(23)16-20(30)15-27-11-4-12-28-19-5-2-1-3-6-19/h1-3,5-10,13-14,20,27-28,30H,4,11-12,15-16H2. The third kappa shape index (κ3) is 4.61. The van der Waals surface area contributed by atoms with E-state index in [0.29, 0.717) is 23.9 Å². The summed E-state index contributed by atoms with van der Waals surface area (Å²) in [7, 11) is 0. The third-order valence-electron chi connectivity index (χ3n) is 5.20. The summed E-state index contributed by atoms with van der Waals surface area (Å²) in [5.74, 6) is -0.728. The van der Waals surface area contributed by atoms with E-state index < -0.39 is 6.10 Å². The highest BCUT2D eigenvalue weighted by Gasteiger charge is 2.15. The van der Waals surface area contributed by atoms with Gasteiger partial charge in [-0.1, -0.05) is 18.2 Å². The van der Waals surface area contributed by atoms with E-state index in [4.69, 9.17) is 0 Å². The second kappa shape index (κ2) is 9.24. The van der Waals surface area contributed by atoms with Crippen molar-refractivity contribution in [2.75, 3.05) is 25.0 Å². The molecule has 0 fully saturated rings. The molecule has 30 heavy (non-hydrogen) atoms. The minimum atomic E-state index is -0.624. The minimum Gasteiger partial charge on any atom is -0.390 e. The molecular formula is C24H25F2N3O. The van der Waals surface area contributed by atoms with Crippen LogP contribution in [0.5, 0.6) is 0 Å². The molecular weight excluding hydrogens is 384 g/mol. The normalized spacial score (nSPS) is 12.5. The predicted octanol–water partition coefficient (Wildman–Crippen LogP) is 4.53. The van der Waals surface area contributed by atoms with Gasteiger partial charge in [-0.15, -0.1) is 0 Å². The van der Waals surface area contributed by atoms with Crippen LogP contribution in [-0.4, -0.2) is 35.4 Å². The van der Waals surface area contributed by atoms with Gasteiger partial charge in [0.1, 0.15) is 11.6 Å². The molecule has 4 nitrogen and oxygen atoms in total. The average Bonchev–Trinajstić information content (AvgIpc) is 3.03. The van der Waals surface area contributed by atoms with Gasteiger partial charge < -0.3 is 20.3 Å². The summed E-state index contributed by atoms with van der Waals surface area (Å²) in [5, 5.41) is 18.5. The van der Waals surface area contributed by atoms with Crippen molar-refractivity contribution in [3.63, 3.8) is 0 Å². The smallest absolute Gasteiger partial charge is 0.123 e. The Hall–Kier alpha value is -2.96. The highest BCUT2D eigenvalue weighted by molar-refractivity contribution is 6.08. The van der Waals surface area contributed by atoms with E-state index >= 15 is 0 Å². The molecule has 6 heteroatoms. The zero-order valence-corrected chi connectivity index (χ0v) is 16.6. The van der Waals surface area contributed by atoms with Crippen molar-refractivity contribution in [2.45, 2.75) is 19.1 Å². The number of aliphatic hydroxyl groups is 1. The average molecular weight is 409 g/mol. The van der Waals surface area contributed by atoms with Crippen LogP contribution in [0.25, 0.3) is 21.8 Å². The van der Waals surface area contributed by atoms with Crippen LogP contribution in [-0.2, 0) is 6.54 Å². The molecule has 4 rings (SSSR count). The summed E-state index contributed by atoms with van der Waals surface area (Å²) in [6.07, 6.45) is 0.302. The lowest BCUT2D eigenvalue weighted by Crippen LogP contribution is -2.31. The highest BCUT2D eigenvalue weighted by atomic mass is 19.1. The molecule has 0 aliphatic carbocycles. The van der Waals surface area contributed by atoms with Crippen molar-refractivity contribution in [1.29, 1.82) is 0 Å². The Morgan fingerprint density at radius 3 is 2.10 bits per heavy atom. The van der Waals surface area contributed by atoms with Gasteiger partial charge in [-0.2, -0.15) is 0 Å². The van der Waals surface area contributed by atoms with Gasteiger partial charge in [-0.25, -0.2) is 8.78 Å². The molecule has 0 saturated heterocycles. The van der Waals surface area contributed by atoms with Gasteiger partial charge in [0.15, 0.2) is 0 Å². The van der Waals surface area contributed by atoms with Crippen LogP contribution in [0.15, 0.2) is 66.7 Å². The van der Waals surface area contributed by atoms with E-state index in [-0.39, 0.29) is 11.6 Å². The van der Waals surface area contributed by atoms with Gasteiger partial charge >= 0.3 is 0 Å². The second-order valence-corrected chi connectivity index (χ2v) is 7.44. The third-order valence-corrected chi connectivity index (χ3v) is 5.20. The van der Waals surface area contributed by atoms with Crippen LogP contribution in [0.1, 0.15) is 6.42 Å². The van der Waals surface area contributed by atoms with Crippen LogP contribution in [0.3, 0.4) is 0 Å². The molecule has 4 aromatic rings. The molecule has 3 aromatic carbocycles. The summed E-state index contributed by atoms with van der Waals surface area (Å²) in [6.45, 7) is 2.40. The number of nitrogens with one attached hydrogen (secondary N) is 2. The second-order valence-electron chi connectivity index (χ2n) is 7.44. The van der Waals surface area contributed by atoms with Gasteiger partial charge in [0.2, 0.25) is 0 Å². The summed E-state index contributed by atoms with van der Waals surface area (Å²) >= 11 is 0. The number of halogens is 2. The lowest BCUT2D eigenvalue weighted by Gasteiger charge is -2.15. The zero-order chi connectivity index (χ0) is 20.9. The molecule has 3 N–H and O–H groups in total. The van der Waals surface area contributed by atoms with E-state index in [1.54, 1.807) is 12.1 Å². The number of fused-ring (bicyclic) bond motifs is 3. The molecule has 1 aromatic heterocycles. The Balaban J connectivity index is 1.35. The van der Waals surface area contributed by atoms with Crippen LogP contribution >= 0.6 is 0 Å². The summed E-state index contributed by atoms with van der Waals surface area (Å²) in [4.78, 5) is 0. The first-order valence-corrected chi connectivity index (χ1v) is 10.2.